The molecular weight excluding hydrogens is 407 g/mol. The molecule has 0 fully saturated rings. The molecule has 2 aromatic heterocycles. The standard InChI is InChI=1S/C18H16F3N5O2S/c19-18(20,21)12-5-6-14(26-11-22-10-24-26)13(9-12)25-16(27)4-1-7-23-17(28)15-3-2-8-29-15/h2-3,5-6,8-11H,1,4,7H2,(H,23,28)(H,25,27). The summed E-state index contributed by atoms with van der Waals surface area (Å²) in [4.78, 5) is 28.4. The van der Waals surface area contributed by atoms with E-state index in [4.69, 9.17) is 0 Å². The summed E-state index contributed by atoms with van der Waals surface area (Å²) in [5, 5.41) is 10.9. The Kier molecular flexibility index (Phi) is 6.27. The monoisotopic (exact) mass is 423 g/mol. The zero-order valence-electron chi connectivity index (χ0n) is 14.9. The summed E-state index contributed by atoms with van der Waals surface area (Å²) in [6.45, 7) is 0.267. The quantitative estimate of drug-likeness (QED) is 0.570. The van der Waals surface area contributed by atoms with Crippen LogP contribution in [0.2, 0.25) is 0 Å². The van der Waals surface area contributed by atoms with E-state index in [9.17, 15) is 22.8 Å². The number of nitrogens with zero attached hydrogens (tertiary/aromatic N) is 3. The Morgan fingerprint density at radius 2 is 2.03 bits per heavy atom. The predicted molar refractivity (Wildman–Crippen MR) is 101 cm³/mol. The Bertz CT molecular complexity index is 972. The number of carbonyl (C=O) groups excluding carboxylic acids is 2. The summed E-state index contributed by atoms with van der Waals surface area (Å²) in [7, 11) is 0. The minimum Gasteiger partial charge on any atom is -0.351 e. The van der Waals surface area contributed by atoms with Gasteiger partial charge in [0.15, 0.2) is 0 Å². The molecule has 1 aromatic carbocycles. The summed E-state index contributed by atoms with van der Waals surface area (Å²) >= 11 is 1.30. The van der Waals surface area contributed by atoms with E-state index in [2.05, 4.69) is 20.7 Å². The van der Waals surface area contributed by atoms with E-state index in [1.807, 2.05) is 0 Å². The minimum absolute atomic E-state index is 0.0256. The molecule has 7 nitrogen and oxygen atoms in total. The van der Waals surface area contributed by atoms with Gasteiger partial charge in [-0.05, 0) is 36.1 Å². The van der Waals surface area contributed by atoms with Crippen LogP contribution in [0.25, 0.3) is 5.69 Å². The maximum atomic E-state index is 13.0. The molecule has 0 atom stereocenters. The van der Waals surface area contributed by atoms with Crippen molar-refractivity contribution >= 4 is 28.8 Å². The van der Waals surface area contributed by atoms with Crippen molar-refractivity contribution in [3.63, 3.8) is 0 Å². The van der Waals surface area contributed by atoms with Crippen LogP contribution in [0.4, 0.5) is 18.9 Å². The highest BCUT2D eigenvalue weighted by Gasteiger charge is 2.31. The highest BCUT2D eigenvalue weighted by molar-refractivity contribution is 7.12. The Labute approximate surface area is 167 Å². The maximum absolute atomic E-state index is 13.0. The molecule has 3 rings (SSSR count). The van der Waals surface area contributed by atoms with Gasteiger partial charge in [-0.3, -0.25) is 9.59 Å². The number of amides is 2. The van der Waals surface area contributed by atoms with Crippen LogP contribution < -0.4 is 10.6 Å². The molecule has 0 saturated carbocycles. The largest absolute Gasteiger partial charge is 0.416 e. The molecule has 0 radical (unpaired) electrons. The van der Waals surface area contributed by atoms with Gasteiger partial charge in [0.05, 0.1) is 21.8 Å². The van der Waals surface area contributed by atoms with Crippen LogP contribution >= 0.6 is 11.3 Å². The van der Waals surface area contributed by atoms with Crippen molar-refractivity contribution in [1.29, 1.82) is 0 Å². The van der Waals surface area contributed by atoms with Gasteiger partial charge in [0.2, 0.25) is 5.91 Å². The van der Waals surface area contributed by atoms with Gasteiger partial charge in [0, 0.05) is 13.0 Å². The Morgan fingerprint density at radius 3 is 2.69 bits per heavy atom. The molecule has 0 spiro atoms. The number of aromatic nitrogens is 3. The molecule has 0 bridgehead atoms. The van der Waals surface area contributed by atoms with Crippen molar-refractivity contribution in [2.24, 2.45) is 0 Å². The number of nitrogens with one attached hydrogen (secondary N) is 2. The van der Waals surface area contributed by atoms with Crippen molar-refractivity contribution in [2.75, 3.05) is 11.9 Å². The van der Waals surface area contributed by atoms with Gasteiger partial charge in [-0.15, -0.1) is 11.3 Å². The number of carbonyl (C=O) groups is 2. The summed E-state index contributed by atoms with van der Waals surface area (Å²) in [6.07, 6.45) is -1.64. The molecule has 2 amide bonds. The summed E-state index contributed by atoms with van der Waals surface area (Å²) in [6, 6.07) is 6.43. The smallest absolute Gasteiger partial charge is 0.351 e. The number of anilines is 1. The Balaban J connectivity index is 1.62. The molecular formula is C18H16F3N5O2S. The van der Waals surface area contributed by atoms with Crippen LogP contribution in [0.3, 0.4) is 0 Å². The van der Waals surface area contributed by atoms with Crippen LogP contribution in [0.5, 0.6) is 0 Å². The van der Waals surface area contributed by atoms with E-state index < -0.39 is 17.6 Å². The average molecular weight is 423 g/mol. The van der Waals surface area contributed by atoms with Crippen LogP contribution in [-0.4, -0.2) is 33.1 Å². The third kappa shape index (κ3) is 5.41. The van der Waals surface area contributed by atoms with E-state index in [1.165, 1.54) is 34.7 Å². The number of alkyl halides is 3. The van der Waals surface area contributed by atoms with Crippen molar-refractivity contribution in [1.82, 2.24) is 20.1 Å². The molecule has 2 heterocycles. The summed E-state index contributed by atoms with van der Waals surface area (Å²) < 4.78 is 40.4. The average Bonchev–Trinajstić information content (AvgIpc) is 3.38. The second-order valence-electron chi connectivity index (χ2n) is 5.95. The zero-order chi connectivity index (χ0) is 20.9. The molecule has 3 aromatic rings. The van der Waals surface area contributed by atoms with E-state index in [0.717, 1.165) is 12.1 Å². The van der Waals surface area contributed by atoms with E-state index in [0.29, 0.717) is 11.3 Å². The lowest BCUT2D eigenvalue weighted by Crippen LogP contribution is -2.24. The number of halogens is 3. The molecule has 2 N–H and O–H groups in total. The van der Waals surface area contributed by atoms with Crippen LogP contribution in [0.15, 0.2) is 48.4 Å². The first kappa shape index (κ1) is 20.5. The molecule has 0 unspecified atom stereocenters. The van der Waals surface area contributed by atoms with Crippen LogP contribution in [0.1, 0.15) is 28.1 Å². The van der Waals surface area contributed by atoms with Gasteiger partial charge in [0.25, 0.3) is 5.91 Å². The maximum Gasteiger partial charge on any atom is 0.416 e. The number of rotatable bonds is 7. The fourth-order valence-electron chi connectivity index (χ4n) is 2.50. The van der Waals surface area contributed by atoms with E-state index in [-0.39, 0.29) is 30.2 Å². The molecule has 11 heteroatoms. The second-order valence-corrected chi connectivity index (χ2v) is 6.90. The molecule has 0 saturated heterocycles. The van der Waals surface area contributed by atoms with Gasteiger partial charge in [0.1, 0.15) is 12.7 Å². The SMILES string of the molecule is O=C(CCCNC(=O)c1cccs1)Nc1cc(C(F)(F)F)ccc1-n1cncn1. The van der Waals surface area contributed by atoms with Crippen LogP contribution in [-0.2, 0) is 11.0 Å². The molecule has 0 aliphatic heterocycles. The molecule has 29 heavy (non-hydrogen) atoms. The number of thiophene rings is 1. The van der Waals surface area contributed by atoms with Crippen molar-refractivity contribution < 1.29 is 22.8 Å². The third-order valence-corrected chi connectivity index (χ3v) is 4.74. The highest BCUT2D eigenvalue weighted by Crippen LogP contribution is 2.33. The topological polar surface area (TPSA) is 88.9 Å². The fourth-order valence-corrected chi connectivity index (χ4v) is 3.14. The number of hydrogen-bond acceptors (Lipinski definition) is 5. The van der Waals surface area contributed by atoms with E-state index in [1.54, 1.807) is 17.5 Å². The number of hydrogen-bond donors (Lipinski definition) is 2. The lowest BCUT2D eigenvalue weighted by atomic mass is 10.1. The molecule has 0 aliphatic rings. The first-order valence-electron chi connectivity index (χ1n) is 8.52. The molecule has 152 valence electrons. The predicted octanol–water partition coefficient (Wildman–Crippen LogP) is 3.50. The second kappa shape index (κ2) is 8.86. The van der Waals surface area contributed by atoms with Crippen molar-refractivity contribution in [2.45, 2.75) is 19.0 Å². The molecule has 0 aliphatic carbocycles. The van der Waals surface area contributed by atoms with Gasteiger partial charge in [-0.2, -0.15) is 18.3 Å². The van der Waals surface area contributed by atoms with Crippen LogP contribution in [0, 0.1) is 0 Å². The highest BCUT2D eigenvalue weighted by atomic mass is 32.1. The third-order valence-electron chi connectivity index (χ3n) is 3.87. The summed E-state index contributed by atoms with van der Waals surface area (Å²) in [5.41, 5.74) is -0.660. The number of benzene rings is 1. The minimum atomic E-state index is -4.55. The van der Waals surface area contributed by atoms with Gasteiger partial charge < -0.3 is 10.6 Å². The van der Waals surface area contributed by atoms with Gasteiger partial charge in [-0.1, -0.05) is 6.07 Å². The lowest BCUT2D eigenvalue weighted by molar-refractivity contribution is -0.137. The zero-order valence-corrected chi connectivity index (χ0v) is 15.8. The normalized spacial score (nSPS) is 11.3. The Hall–Kier alpha value is -3.21. The van der Waals surface area contributed by atoms with Gasteiger partial charge in [-0.25, -0.2) is 9.67 Å². The first-order valence-corrected chi connectivity index (χ1v) is 9.40. The van der Waals surface area contributed by atoms with E-state index >= 15 is 0 Å². The van der Waals surface area contributed by atoms with Crippen molar-refractivity contribution in [3.8, 4) is 5.69 Å². The summed E-state index contributed by atoms with van der Waals surface area (Å²) in [5.74, 6) is -0.706. The lowest BCUT2D eigenvalue weighted by Gasteiger charge is -2.14. The first-order chi connectivity index (χ1) is 13.8. The van der Waals surface area contributed by atoms with Crippen molar-refractivity contribution in [3.05, 3.63) is 58.8 Å². The van der Waals surface area contributed by atoms with Gasteiger partial charge >= 0.3 is 6.18 Å². The Morgan fingerprint density at radius 1 is 1.21 bits per heavy atom. The fraction of sp³-hybridized carbons (Fsp3) is 0.222.